The number of nitrogens with zero attached hydrogens (tertiary/aromatic N) is 2. The summed E-state index contributed by atoms with van der Waals surface area (Å²) >= 11 is 0. The SMILES string of the molecule is COc1cccc(C=NC2CC2)c1[O-].COc1cccc(C=NC2CC2)c1[O-].[Co+2]. The van der Waals surface area contributed by atoms with Crippen LogP contribution in [0.3, 0.4) is 0 Å². The number of rotatable bonds is 6. The summed E-state index contributed by atoms with van der Waals surface area (Å²) in [5.41, 5.74) is 1.22. The maximum absolute atomic E-state index is 11.6. The van der Waals surface area contributed by atoms with Gasteiger partial charge in [0.25, 0.3) is 0 Å². The normalized spacial score (nSPS) is 15.5. The van der Waals surface area contributed by atoms with Crippen LogP contribution in [0.2, 0.25) is 0 Å². The molecule has 7 heteroatoms. The summed E-state index contributed by atoms with van der Waals surface area (Å²) in [6.07, 6.45) is 7.90. The predicted molar refractivity (Wildman–Crippen MR) is 106 cm³/mol. The van der Waals surface area contributed by atoms with Crippen LogP contribution in [0, 0.1) is 0 Å². The molecular weight excluding hydrogens is 415 g/mol. The molecule has 0 unspecified atom stereocenters. The molecule has 0 bridgehead atoms. The second-order valence-electron chi connectivity index (χ2n) is 6.78. The molecule has 6 nitrogen and oxygen atoms in total. The van der Waals surface area contributed by atoms with Crippen LogP contribution in [0.25, 0.3) is 0 Å². The van der Waals surface area contributed by atoms with Crippen LogP contribution in [0.5, 0.6) is 23.0 Å². The zero-order valence-electron chi connectivity index (χ0n) is 16.5. The Bertz CT molecular complexity index is 790. The van der Waals surface area contributed by atoms with Crippen LogP contribution < -0.4 is 19.7 Å². The molecule has 0 heterocycles. The van der Waals surface area contributed by atoms with Crippen LogP contribution in [0.1, 0.15) is 36.8 Å². The first-order valence-electron chi connectivity index (χ1n) is 9.36. The van der Waals surface area contributed by atoms with E-state index in [0.29, 0.717) is 34.7 Å². The van der Waals surface area contributed by atoms with Gasteiger partial charge in [0.05, 0.1) is 26.3 Å². The molecule has 2 aliphatic carbocycles. The number of methoxy groups -OCH3 is 2. The number of hydrogen-bond donors (Lipinski definition) is 0. The zero-order chi connectivity index (χ0) is 19.9. The molecule has 2 fully saturated rings. The van der Waals surface area contributed by atoms with Gasteiger partial charge in [-0.1, -0.05) is 35.8 Å². The third-order valence-electron chi connectivity index (χ3n) is 4.40. The molecule has 155 valence electrons. The van der Waals surface area contributed by atoms with Gasteiger partial charge in [-0.15, -0.1) is 0 Å². The van der Waals surface area contributed by atoms with Crippen LogP contribution in [0.15, 0.2) is 46.4 Å². The van der Waals surface area contributed by atoms with E-state index >= 15 is 0 Å². The average Bonchev–Trinajstić information content (AvgIpc) is 3.62. The van der Waals surface area contributed by atoms with E-state index in [2.05, 4.69) is 9.98 Å². The molecule has 29 heavy (non-hydrogen) atoms. The molecule has 2 saturated carbocycles. The van der Waals surface area contributed by atoms with E-state index in [1.807, 2.05) is 0 Å². The van der Waals surface area contributed by atoms with Crippen molar-refractivity contribution in [2.24, 2.45) is 9.98 Å². The summed E-state index contributed by atoms with van der Waals surface area (Å²) in [5, 5.41) is 23.2. The van der Waals surface area contributed by atoms with Crippen molar-refractivity contribution in [3.05, 3.63) is 47.5 Å². The van der Waals surface area contributed by atoms with Gasteiger partial charge in [-0.25, -0.2) is 0 Å². The van der Waals surface area contributed by atoms with Gasteiger partial charge in [-0.05, 0) is 48.9 Å². The Morgan fingerprint density at radius 1 is 0.759 bits per heavy atom. The van der Waals surface area contributed by atoms with Gasteiger partial charge in [0.1, 0.15) is 11.5 Å². The van der Waals surface area contributed by atoms with Crippen molar-refractivity contribution >= 4 is 12.4 Å². The minimum absolute atomic E-state index is 0. The van der Waals surface area contributed by atoms with Crippen LogP contribution in [-0.2, 0) is 16.8 Å². The maximum atomic E-state index is 11.6. The minimum Gasteiger partial charge on any atom is -0.870 e. The van der Waals surface area contributed by atoms with Crippen molar-refractivity contribution in [3.63, 3.8) is 0 Å². The van der Waals surface area contributed by atoms with E-state index in [4.69, 9.17) is 9.47 Å². The largest absolute Gasteiger partial charge is 2.00 e. The minimum atomic E-state index is -0.0839. The summed E-state index contributed by atoms with van der Waals surface area (Å²) in [7, 11) is 3.00. The van der Waals surface area contributed by atoms with Crippen molar-refractivity contribution in [3.8, 4) is 23.0 Å². The molecule has 1 radical (unpaired) electrons. The van der Waals surface area contributed by atoms with Crippen molar-refractivity contribution in [2.45, 2.75) is 37.8 Å². The first-order valence-corrected chi connectivity index (χ1v) is 9.36. The van der Waals surface area contributed by atoms with Gasteiger partial charge >= 0.3 is 16.8 Å². The van der Waals surface area contributed by atoms with E-state index in [1.165, 1.54) is 14.2 Å². The summed E-state index contributed by atoms with van der Waals surface area (Å²) < 4.78 is 9.87. The van der Waals surface area contributed by atoms with E-state index in [-0.39, 0.29) is 28.3 Å². The van der Waals surface area contributed by atoms with Crippen molar-refractivity contribution < 1.29 is 36.5 Å². The molecule has 2 aromatic carbocycles. The molecule has 0 aliphatic heterocycles. The fourth-order valence-electron chi connectivity index (χ4n) is 2.41. The number of benzene rings is 2. The van der Waals surface area contributed by atoms with Crippen molar-refractivity contribution in [2.75, 3.05) is 14.2 Å². The fourth-order valence-corrected chi connectivity index (χ4v) is 2.41. The van der Waals surface area contributed by atoms with Gasteiger partial charge in [0.15, 0.2) is 0 Å². The third-order valence-corrected chi connectivity index (χ3v) is 4.40. The topological polar surface area (TPSA) is 89.3 Å². The van der Waals surface area contributed by atoms with Crippen LogP contribution in [0.4, 0.5) is 0 Å². The Morgan fingerprint density at radius 3 is 1.45 bits per heavy atom. The average molecular weight is 439 g/mol. The maximum Gasteiger partial charge on any atom is 2.00 e. The standard InChI is InChI=1S/2C11H13NO2.Co/c2*1-14-10-4-2-3-8(11(10)13)7-12-9-5-6-9;/h2*2-4,7,9,13H,5-6H2,1H3;/q;;+2/p-2. The van der Waals surface area contributed by atoms with E-state index in [1.54, 1.807) is 48.8 Å². The smallest absolute Gasteiger partial charge is 0.870 e. The van der Waals surface area contributed by atoms with Crippen LogP contribution in [-0.4, -0.2) is 38.7 Å². The Balaban J connectivity index is 0.000000200. The second-order valence-corrected chi connectivity index (χ2v) is 6.78. The first-order chi connectivity index (χ1) is 13.6. The molecular formula is C22H24CoN2O4. The van der Waals surface area contributed by atoms with Gasteiger partial charge in [0, 0.05) is 12.4 Å². The first kappa shape index (κ1) is 22.8. The molecule has 2 aromatic rings. The number of para-hydroxylation sites is 2. The third kappa shape index (κ3) is 6.79. The van der Waals surface area contributed by atoms with E-state index < -0.39 is 0 Å². The Kier molecular flexibility index (Phi) is 8.54. The molecule has 0 atom stereocenters. The number of aliphatic imine (C=N–C) groups is 2. The van der Waals surface area contributed by atoms with Crippen molar-refractivity contribution in [1.82, 2.24) is 0 Å². The summed E-state index contributed by atoms with van der Waals surface area (Å²) in [4.78, 5) is 8.52. The Labute approximate surface area is 181 Å². The molecule has 0 amide bonds. The molecule has 0 saturated heterocycles. The summed E-state index contributed by atoms with van der Waals surface area (Å²) in [5.74, 6) is 0.591. The van der Waals surface area contributed by atoms with Crippen molar-refractivity contribution in [1.29, 1.82) is 0 Å². The van der Waals surface area contributed by atoms with Gasteiger partial charge in [-0.3, -0.25) is 9.98 Å². The molecule has 0 aromatic heterocycles. The number of hydrogen-bond acceptors (Lipinski definition) is 6. The molecule has 0 spiro atoms. The zero-order valence-corrected chi connectivity index (χ0v) is 17.5. The molecule has 0 N–H and O–H groups in total. The quantitative estimate of drug-likeness (QED) is 0.648. The second kappa shape index (κ2) is 10.9. The Morgan fingerprint density at radius 2 is 1.14 bits per heavy atom. The van der Waals surface area contributed by atoms with E-state index in [0.717, 1.165) is 25.7 Å². The van der Waals surface area contributed by atoms with Gasteiger partial charge < -0.3 is 19.7 Å². The van der Waals surface area contributed by atoms with Gasteiger partial charge in [-0.2, -0.15) is 0 Å². The summed E-state index contributed by atoms with van der Waals surface area (Å²) in [6.45, 7) is 0. The Hall–Kier alpha value is -2.51. The number of ether oxygens (including phenoxy) is 2. The summed E-state index contributed by atoms with van der Waals surface area (Å²) in [6, 6.07) is 11.3. The van der Waals surface area contributed by atoms with Crippen LogP contribution >= 0.6 is 0 Å². The monoisotopic (exact) mass is 439 g/mol. The fraction of sp³-hybridized carbons (Fsp3) is 0.364. The predicted octanol–water partition coefficient (Wildman–Crippen LogP) is 2.70. The van der Waals surface area contributed by atoms with E-state index in [9.17, 15) is 10.2 Å². The van der Waals surface area contributed by atoms with Gasteiger partial charge in [0.2, 0.25) is 0 Å². The molecule has 2 aliphatic rings. The molecule has 4 rings (SSSR count).